The van der Waals surface area contributed by atoms with E-state index in [1.54, 1.807) is 0 Å². The fraction of sp³-hybridized carbons (Fsp3) is 0.286. The number of halogens is 5. The van der Waals surface area contributed by atoms with Crippen molar-refractivity contribution in [1.29, 1.82) is 0 Å². The maximum Gasteiger partial charge on any atom is 0.573 e. The summed E-state index contributed by atoms with van der Waals surface area (Å²) in [5.74, 6) is -1.55. The third kappa shape index (κ3) is 3.31. The molecule has 0 saturated carbocycles. The summed E-state index contributed by atoms with van der Waals surface area (Å²) in [6, 6.07) is 0.784. The van der Waals surface area contributed by atoms with Gasteiger partial charge >= 0.3 is 6.36 Å². The molecule has 0 bridgehead atoms. The minimum absolute atomic E-state index is 0.119. The van der Waals surface area contributed by atoms with Gasteiger partial charge in [-0.05, 0) is 15.9 Å². The third-order valence-electron chi connectivity index (χ3n) is 1.42. The molecule has 0 saturated heterocycles. The first kappa shape index (κ1) is 12.2. The Morgan fingerprint density at radius 1 is 1.47 bits per heavy atom. The molecule has 84 valence electrons. The first-order valence-corrected chi connectivity index (χ1v) is 4.43. The van der Waals surface area contributed by atoms with Crippen LogP contribution in [0.4, 0.5) is 17.6 Å². The van der Waals surface area contributed by atoms with Crippen LogP contribution in [0.3, 0.4) is 0 Å². The van der Waals surface area contributed by atoms with Crippen molar-refractivity contribution in [1.82, 2.24) is 4.98 Å². The lowest BCUT2D eigenvalue weighted by molar-refractivity contribution is -0.275. The molecule has 0 aliphatic rings. The lowest BCUT2D eigenvalue weighted by Crippen LogP contribution is -2.19. The Morgan fingerprint density at radius 2 is 2.07 bits per heavy atom. The van der Waals surface area contributed by atoms with E-state index in [1.807, 2.05) is 0 Å². The number of alkyl halides is 3. The Kier molecular flexibility index (Phi) is 3.50. The van der Waals surface area contributed by atoms with Gasteiger partial charge in [0.2, 0.25) is 5.95 Å². The van der Waals surface area contributed by atoms with Gasteiger partial charge in [-0.3, -0.25) is 0 Å². The largest absolute Gasteiger partial charge is 0.573 e. The fourth-order valence-corrected chi connectivity index (χ4v) is 1.40. The Balaban J connectivity index is 3.15. The predicted molar refractivity (Wildman–Crippen MR) is 46.5 cm³/mol. The second kappa shape index (κ2) is 4.31. The molecule has 8 heteroatoms. The highest BCUT2D eigenvalue weighted by molar-refractivity contribution is 9.10. The minimum atomic E-state index is -4.87. The number of pyridine rings is 1. The summed E-state index contributed by atoms with van der Waals surface area (Å²) in [6.45, 7) is -0.288. The maximum absolute atomic E-state index is 12.7. The third-order valence-corrected chi connectivity index (χ3v) is 1.95. The van der Waals surface area contributed by atoms with E-state index >= 15 is 0 Å². The summed E-state index contributed by atoms with van der Waals surface area (Å²) in [5.41, 5.74) is 5.03. The van der Waals surface area contributed by atoms with Crippen molar-refractivity contribution in [3.05, 3.63) is 22.2 Å². The lowest BCUT2D eigenvalue weighted by Gasteiger charge is -2.13. The summed E-state index contributed by atoms with van der Waals surface area (Å²) in [7, 11) is 0. The van der Waals surface area contributed by atoms with Crippen molar-refractivity contribution >= 4 is 15.9 Å². The SMILES string of the molecule is NCc1cc(F)nc(Br)c1OC(F)(F)F. The topological polar surface area (TPSA) is 48.1 Å². The van der Waals surface area contributed by atoms with Crippen molar-refractivity contribution in [3.8, 4) is 5.75 Å². The number of hydrogen-bond donors (Lipinski definition) is 1. The van der Waals surface area contributed by atoms with E-state index in [4.69, 9.17) is 5.73 Å². The van der Waals surface area contributed by atoms with Crippen molar-refractivity contribution in [3.63, 3.8) is 0 Å². The van der Waals surface area contributed by atoms with Crippen LogP contribution in [-0.4, -0.2) is 11.3 Å². The number of nitrogens with two attached hydrogens (primary N) is 1. The molecule has 1 aromatic rings. The monoisotopic (exact) mass is 288 g/mol. The van der Waals surface area contributed by atoms with E-state index in [0.717, 1.165) is 6.07 Å². The zero-order chi connectivity index (χ0) is 11.6. The van der Waals surface area contributed by atoms with Gasteiger partial charge in [-0.1, -0.05) is 0 Å². The van der Waals surface area contributed by atoms with Gasteiger partial charge in [0.15, 0.2) is 10.4 Å². The van der Waals surface area contributed by atoms with Crippen LogP contribution in [0.15, 0.2) is 10.7 Å². The zero-order valence-electron chi connectivity index (χ0n) is 7.11. The number of ether oxygens (including phenoxy) is 1. The van der Waals surface area contributed by atoms with E-state index in [1.165, 1.54) is 0 Å². The first-order valence-electron chi connectivity index (χ1n) is 3.64. The summed E-state index contributed by atoms with van der Waals surface area (Å²) >= 11 is 2.66. The Bertz CT molecular complexity index is 369. The molecule has 0 aromatic carbocycles. The average molecular weight is 289 g/mol. The molecular weight excluding hydrogens is 284 g/mol. The van der Waals surface area contributed by atoms with Gasteiger partial charge in [0.05, 0.1) is 0 Å². The van der Waals surface area contributed by atoms with Crippen LogP contribution in [0.5, 0.6) is 5.75 Å². The molecule has 3 nitrogen and oxygen atoms in total. The van der Waals surface area contributed by atoms with E-state index in [0.29, 0.717) is 0 Å². The number of hydrogen-bond acceptors (Lipinski definition) is 3. The Morgan fingerprint density at radius 3 is 2.53 bits per heavy atom. The van der Waals surface area contributed by atoms with Gasteiger partial charge < -0.3 is 10.5 Å². The molecule has 0 radical (unpaired) electrons. The molecule has 1 aromatic heterocycles. The van der Waals surface area contributed by atoms with Crippen LogP contribution < -0.4 is 10.5 Å². The molecule has 0 aliphatic heterocycles. The number of nitrogens with zero attached hydrogens (tertiary/aromatic N) is 1. The first-order chi connectivity index (χ1) is 6.83. The van der Waals surface area contributed by atoms with E-state index in [2.05, 4.69) is 25.7 Å². The minimum Gasteiger partial charge on any atom is -0.403 e. The van der Waals surface area contributed by atoms with Crippen LogP contribution in [0.25, 0.3) is 0 Å². The molecule has 15 heavy (non-hydrogen) atoms. The molecule has 2 N–H and O–H groups in total. The van der Waals surface area contributed by atoms with Crippen molar-refractivity contribution in [2.75, 3.05) is 0 Å². The molecule has 0 fully saturated rings. The second-order valence-electron chi connectivity index (χ2n) is 2.48. The smallest absolute Gasteiger partial charge is 0.403 e. The molecule has 1 heterocycles. The van der Waals surface area contributed by atoms with E-state index < -0.39 is 18.1 Å². The van der Waals surface area contributed by atoms with Gasteiger partial charge in [0.1, 0.15) is 0 Å². The summed E-state index contributed by atoms with van der Waals surface area (Å²) in [4.78, 5) is 3.14. The quantitative estimate of drug-likeness (QED) is 0.671. The van der Waals surface area contributed by atoms with Crippen LogP contribution >= 0.6 is 15.9 Å². The highest BCUT2D eigenvalue weighted by atomic mass is 79.9. The van der Waals surface area contributed by atoms with Crippen molar-refractivity contribution in [2.45, 2.75) is 12.9 Å². The predicted octanol–water partition coefficient (Wildman–Crippen LogP) is 2.34. The van der Waals surface area contributed by atoms with Gasteiger partial charge in [-0.2, -0.15) is 4.39 Å². The highest BCUT2D eigenvalue weighted by Crippen LogP contribution is 2.32. The molecule has 0 atom stereocenters. The molecule has 0 aliphatic carbocycles. The zero-order valence-corrected chi connectivity index (χ0v) is 8.69. The van der Waals surface area contributed by atoms with E-state index in [9.17, 15) is 17.6 Å². The van der Waals surface area contributed by atoms with Crippen LogP contribution in [0.1, 0.15) is 5.56 Å². The maximum atomic E-state index is 12.7. The van der Waals surface area contributed by atoms with Gasteiger partial charge in [0.25, 0.3) is 0 Å². The van der Waals surface area contributed by atoms with Crippen LogP contribution in [-0.2, 0) is 6.54 Å². The summed E-state index contributed by atoms with van der Waals surface area (Å²) in [6.07, 6.45) is -4.87. The lowest BCUT2D eigenvalue weighted by atomic mass is 10.2. The van der Waals surface area contributed by atoms with Crippen LogP contribution in [0.2, 0.25) is 0 Å². The normalized spacial score (nSPS) is 11.6. The molecule has 1 rings (SSSR count). The highest BCUT2D eigenvalue weighted by Gasteiger charge is 2.33. The molecule has 0 unspecified atom stereocenters. The Hall–Kier alpha value is -0.890. The standard InChI is InChI=1S/C7H5BrF4N2O/c8-6-5(15-7(10,11)12)3(2-13)1-4(9)14-6/h1H,2,13H2. The van der Waals surface area contributed by atoms with Crippen molar-refractivity contribution in [2.24, 2.45) is 5.73 Å². The molecule has 0 amide bonds. The van der Waals surface area contributed by atoms with Crippen LogP contribution in [0, 0.1) is 5.95 Å². The fourth-order valence-electron chi connectivity index (χ4n) is 0.894. The van der Waals surface area contributed by atoms with E-state index in [-0.39, 0.29) is 16.7 Å². The average Bonchev–Trinajstić information content (AvgIpc) is 2.07. The summed E-state index contributed by atoms with van der Waals surface area (Å²) in [5, 5.41) is 0. The number of aromatic nitrogens is 1. The molecule has 0 spiro atoms. The molecular formula is C7H5BrF4N2O. The summed E-state index contributed by atoms with van der Waals surface area (Å²) < 4.78 is 51.8. The van der Waals surface area contributed by atoms with Gasteiger partial charge in [0, 0.05) is 18.2 Å². The second-order valence-corrected chi connectivity index (χ2v) is 3.23. The Labute approximate surface area is 90.4 Å². The number of rotatable bonds is 2. The van der Waals surface area contributed by atoms with Crippen molar-refractivity contribution < 1.29 is 22.3 Å². The van der Waals surface area contributed by atoms with Gasteiger partial charge in [-0.15, -0.1) is 13.2 Å². The van der Waals surface area contributed by atoms with Gasteiger partial charge in [-0.25, -0.2) is 4.98 Å².